The summed E-state index contributed by atoms with van der Waals surface area (Å²) in [4.78, 5) is 8.22. The average Bonchev–Trinajstić information content (AvgIpc) is 3.16. The smallest absolute Gasteiger partial charge is 0.417 e. The summed E-state index contributed by atoms with van der Waals surface area (Å²) in [6.45, 7) is 2.87. The first-order chi connectivity index (χ1) is 10.7. The van der Waals surface area contributed by atoms with Gasteiger partial charge in [-0.25, -0.2) is 14.1 Å². The maximum Gasteiger partial charge on any atom is 0.417 e. The van der Waals surface area contributed by atoms with Crippen molar-refractivity contribution in [2.75, 3.05) is 0 Å². The second-order valence-corrected chi connectivity index (χ2v) is 4.56. The lowest BCUT2D eigenvalue weighted by atomic mass is 10.1. The van der Waals surface area contributed by atoms with Crippen LogP contribution in [0.5, 0.6) is 6.08 Å². The molecule has 114 valence electrons. The summed E-state index contributed by atoms with van der Waals surface area (Å²) in [6, 6.07) is 6.14. The molecule has 2 aromatic heterocycles. The highest BCUT2D eigenvalue weighted by Crippen LogP contribution is 2.12. The zero-order valence-electron chi connectivity index (χ0n) is 11.9. The van der Waals surface area contributed by atoms with Crippen LogP contribution in [-0.2, 0) is 19.6 Å². The van der Waals surface area contributed by atoms with E-state index in [0.29, 0.717) is 24.6 Å². The highest BCUT2D eigenvalue weighted by atomic mass is 19.1. The third-order valence-electron chi connectivity index (χ3n) is 3.04. The van der Waals surface area contributed by atoms with Gasteiger partial charge < -0.3 is 4.74 Å². The lowest BCUT2D eigenvalue weighted by molar-refractivity contribution is 0.186. The van der Waals surface area contributed by atoms with E-state index in [0.717, 1.165) is 5.56 Å². The van der Waals surface area contributed by atoms with E-state index >= 15 is 0 Å². The minimum Gasteiger partial charge on any atom is -0.441 e. The molecule has 0 aliphatic carbocycles. The number of ether oxygens (including phenoxy) is 1. The topological polar surface area (TPSA) is 78.9 Å². The van der Waals surface area contributed by atoms with Crippen LogP contribution in [0.15, 0.2) is 35.1 Å². The van der Waals surface area contributed by atoms with Gasteiger partial charge in [0.25, 0.3) is 0 Å². The second-order valence-electron chi connectivity index (χ2n) is 4.56. The summed E-state index contributed by atoms with van der Waals surface area (Å²) in [6.07, 6.45) is 1.98. The molecular weight excluding hydrogens is 289 g/mol. The molecule has 22 heavy (non-hydrogen) atoms. The Morgan fingerprint density at radius 3 is 2.86 bits per heavy atom. The van der Waals surface area contributed by atoms with Gasteiger partial charge in [0.2, 0.25) is 0 Å². The van der Waals surface area contributed by atoms with Crippen LogP contribution in [0.3, 0.4) is 0 Å². The van der Waals surface area contributed by atoms with Crippen LogP contribution in [0, 0.1) is 5.82 Å². The van der Waals surface area contributed by atoms with Gasteiger partial charge >= 0.3 is 6.08 Å². The van der Waals surface area contributed by atoms with Crippen molar-refractivity contribution in [3.8, 4) is 6.08 Å². The van der Waals surface area contributed by atoms with Gasteiger partial charge in [0.1, 0.15) is 12.1 Å². The summed E-state index contributed by atoms with van der Waals surface area (Å²) >= 11 is 0. The quantitative estimate of drug-likeness (QED) is 0.693. The fraction of sp³-hybridized carbons (Fsp3) is 0.286. The number of halogens is 1. The Kier molecular flexibility index (Phi) is 4.08. The Balaban J connectivity index is 1.60. The molecule has 0 aliphatic heterocycles. The summed E-state index contributed by atoms with van der Waals surface area (Å²) in [5.74, 6) is 0.875. The molecule has 1 aromatic carbocycles. The van der Waals surface area contributed by atoms with Crippen LogP contribution in [0.1, 0.15) is 24.1 Å². The molecule has 2 heterocycles. The molecule has 7 nitrogen and oxygen atoms in total. The molecule has 0 unspecified atom stereocenters. The molecule has 8 heteroatoms. The van der Waals surface area contributed by atoms with Gasteiger partial charge in [0.15, 0.2) is 18.3 Å². The predicted molar refractivity (Wildman–Crippen MR) is 73.5 cm³/mol. The maximum atomic E-state index is 12.8. The lowest BCUT2D eigenvalue weighted by Gasteiger charge is -2.01. The van der Waals surface area contributed by atoms with Gasteiger partial charge in [-0.05, 0) is 24.6 Å². The van der Waals surface area contributed by atoms with Crippen LogP contribution in [0.2, 0.25) is 0 Å². The Morgan fingerprint density at radius 1 is 1.27 bits per heavy atom. The Morgan fingerprint density at radius 2 is 2.09 bits per heavy atom. The fourth-order valence-corrected chi connectivity index (χ4v) is 1.94. The highest BCUT2D eigenvalue weighted by Gasteiger charge is 2.10. The SMILES string of the molecule is CCn1ncnc1COc1nc(Cc2ccc(F)cc2)no1. The molecule has 3 rings (SSSR count). The van der Waals surface area contributed by atoms with Gasteiger partial charge in [-0.15, -0.1) is 0 Å². The van der Waals surface area contributed by atoms with E-state index in [-0.39, 0.29) is 18.5 Å². The van der Waals surface area contributed by atoms with E-state index in [9.17, 15) is 4.39 Å². The van der Waals surface area contributed by atoms with Crippen molar-refractivity contribution in [1.82, 2.24) is 24.9 Å². The van der Waals surface area contributed by atoms with E-state index in [1.807, 2.05) is 6.92 Å². The fourth-order valence-electron chi connectivity index (χ4n) is 1.94. The van der Waals surface area contributed by atoms with E-state index < -0.39 is 0 Å². The van der Waals surface area contributed by atoms with E-state index in [4.69, 9.17) is 9.26 Å². The molecule has 0 N–H and O–H groups in total. The van der Waals surface area contributed by atoms with Crippen molar-refractivity contribution in [1.29, 1.82) is 0 Å². The van der Waals surface area contributed by atoms with Crippen molar-refractivity contribution in [2.24, 2.45) is 0 Å². The average molecular weight is 303 g/mol. The third kappa shape index (κ3) is 3.27. The highest BCUT2D eigenvalue weighted by molar-refractivity contribution is 5.19. The summed E-state index contributed by atoms with van der Waals surface area (Å²) in [5, 5.41) is 7.87. The first-order valence-electron chi connectivity index (χ1n) is 6.81. The predicted octanol–water partition coefficient (Wildman–Crippen LogP) is 1.99. The molecule has 3 aromatic rings. The summed E-state index contributed by atoms with van der Waals surface area (Å²) in [5.41, 5.74) is 0.888. The lowest BCUT2D eigenvalue weighted by Crippen LogP contribution is -2.07. The first-order valence-corrected chi connectivity index (χ1v) is 6.81. The van der Waals surface area contributed by atoms with Crippen LogP contribution in [-0.4, -0.2) is 24.9 Å². The minimum atomic E-state index is -0.277. The van der Waals surface area contributed by atoms with Crippen LogP contribution < -0.4 is 4.74 Å². The van der Waals surface area contributed by atoms with Gasteiger partial charge in [-0.3, -0.25) is 4.52 Å². The Bertz CT molecular complexity index is 738. The van der Waals surface area contributed by atoms with E-state index in [1.165, 1.54) is 18.5 Å². The molecule has 0 amide bonds. The van der Waals surface area contributed by atoms with E-state index in [2.05, 4.69) is 20.2 Å². The van der Waals surface area contributed by atoms with Gasteiger partial charge in [0.05, 0.1) is 0 Å². The summed E-state index contributed by atoms with van der Waals surface area (Å²) in [7, 11) is 0. The number of hydrogen-bond acceptors (Lipinski definition) is 6. The van der Waals surface area contributed by atoms with Crippen molar-refractivity contribution >= 4 is 0 Å². The zero-order valence-corrected chi connectivity index (χ0v) is 11.9. The molecule has 0 atom stereocenters. The number of rotatable bonds is 6. The maximum absolute atomic E-state index is 12.8. The molecule has 0 saturated heterocycles. The molecule has 0 fully saturated rings. The number of hydrogen-bond donors (Lipinski definition) is 0. The molecule has 0 aliphatic rings. The van der Waals surface area contributed by atoms with Gasteiger partial charge in [-0.2, -0.15) is 10.1 Å². The number of nitrogens with zero attached hydrogens (tertiary/aromatic N) is 5. The zero-order chi connectivity index (χ0) is 15.4. The van der Waals surface area contributed by atoms with Crippen LogP contribution in [0.4, 0.5) is 4.39 Å². The summed E-state index contributed by atoms with van der Waals surface area (Å²) < 4.78 is 25.0. The van der Waals surface area contributed by atoms with E-state index in [1.54, 1.807) is 16.8 Å². The first kappa shape index (κ1) is 14.2. The standard InChI is InChI=1S/C14H14FN5O2/c1-2-20-13(16-9-17-20)8-21-14-18-12(19-22-14)7-10-3-5-11(15)6-4-10/h3-6,9H,2,7-8H2,1H3. The normalized spacial score (nSPS) is 10.8. The number of benzene rings is 1. The van der Waals surface area contributed by atoms with Gasteiger partial charge in [-0.1, -0.05) is 17.3 Å². The molecular formula is C14H14FN5O2. The molecule has 0 radical (unpaired) electrons. The largest absolute Gasteiger partial charge is 0.441 e. The third-order valence-corrected chi connectivity index (χ3v) is 3.04. The number of aromatic nitrogens is 5. The number of aryl methyl sites for hydroxylation is 1. The van der Waals surface area contributed by atoms with Crippen molar-refractivity contribution in [3.05, 3.63) is 53.6 Å². The van der Waals surface area contributed by atoms with Crippen molar-refractivity contribution in [3.63, 3.8) is 0 Å². The van der Waals surface area contributed by atoms with Crippen molar-refractivity contribution < 1.29 is 13.7 Å². The molecule has 0 saturated carbocycles. The minimum absolute atomic E-state index is 0.0720. The molecule has 0 spiro atoms. The Hall–Kier alpha value is -2.77. The monoisotopic (exact) mass is 303 g/mol. The van der Waals surface area contributed by atoms with Gasteiger partial charge in [0, 0.05) is 13.0 Å². The second kappa shape index (κ2) is 6.33. The Labute approximate surface area is 125 Å². The van der Waals surface area contributed by atoms with Crippen LogP contribution in [0.25, 0.3) is 0 Å². The van der Waals surface area contributed by atoms with Crippen LogP contribution >= 0.6 is 0 Å². The molecule has 0 bridgehead atoms. The van der Waals surface area contributed by atoms with Crippen molar-refractivity contribution in [2.45, 2.75) is 26.5 Å².